The van der Waals surface area contributed by atoms with Gasteiger partial charge in [0.25, 0.3) is 0 Å². The number of aromatic nitrogens is 1. The number of nitrogens with two attached hydrogens (primary N) is 1. The van der Waals surface area contributed by atoms with E-state index < -0.39 is 0 Å². The number of nitrogens with zero attached hydrogens (tertiary/aromatic N) is 1. The summed E-state index contributed by atoms with van der Waals surface area (Å²) < 4.78 is 5.11. The number of amides is 1. The second-order valence-electron chi connectivity index (χ2n) is 5.71. The summed E-state index contributed by atoms with van der Waals surface area (Å²) in [6.45, 7) is 4.33. The van der Waals surface area contributed by atoms with Crippen molar-refractivity contribution in [3.8, 4) is 0 Å². The molecule has 0 spiro atoms. The van der Waals surface area contributed by atoms with Crippen molar-refractivity contribution in [2.24, 2.45) is 11.1 Å². The first kappa shape index (κ1) is 14.1. The van der Waals surface area contributed by atoms with E-state index in [2.05, 4.69) is 10.5 Å². The third kappa shape index (κ3) is 3.15. The number of hydrogen-bond acceptors (Lipinski definition) is 4. The third-order valence-electron chi connectivity index (χ3n) is 4.29. The van der Waals surface area contributed by atoms with Gasteiger partial charge in [0.2, 0.25) is 11.8 Å². The van der Waals surface area contributed by atoms with Crippen LogP contribution < -0.4 is 11.1 Å². The van der Waals surface area contributed by atoms with Crippen molar-refractivity contribution < 1.29 is 9.32 Å². The summed E-state index contributed by atoms with van der Waals surface area (Å²) in [4.78, 5) is 12.2. The van der Waals surface area contributed by atoms with Crippen molar-refractivity contribution in [3.63, 3.8) is 0 Å². The van der Waals surface area contributed by atoms with Crippen molar-refractivity contribution in [1.29, 1.82) is 0 Å². The lowest BCUT2D eigenvalue weighted by Gasteiger charge is -2.35. The van der Waals surface area contributed by atoms with Gasteiger partial charge >= 0.3 is 0 Å². The number of hydrogen-bond donors (Lipinski definition) is 2. The molecule has 1 amide bonds. The molecule has 0 aromatic carbocycles. The Bertz CT molecular complexity index is 448. The summed E-state index contributed by atoms with van der Waals surface area (Å²) in [6.07, 6.45) is 6.17. The van der Waals surface area contributed by atoms with Crippen LogP contribution in [0.4, 0.5) is 5.88 Å². The zero-order valence-electron chi connectivity index (χ0n) is 11.8. The summed E-state index contributed by atoms with van der Waals surface area (Å²) in [5.41, 5.74) is 7.57. The Hall–Kier alpha value is -1.36. The molecular formula is C14H23N3O2. The summed E-state index contributed by atoms with van der Waals surface area (Å²) in [5.74, 6) is 0.442. The van der Waals surface area contributed by atoms with Crippen molar-refractivity contribution in [1.82, 2.24) is 5.16 Å². The molecule has 0 atom stereocenters. The van der Waals surface area contributed by atoms with Crippen LogP contribution in [0.25, 0.3) is 0 Å². The number of carbonyl (C=O) groups excluding carboxylic acids is 1. The number of anilines is 1. The number of rotatable bonds is 4. The van der Waals surface area contributed by atoms with Crippen LogP contribution in [0.3, 0.4) is 0 Å². The molecule has 1 aliphatic carbocycles. The zero-order chi connectivity index (χ0) is 13.9. The normalized spacial score (nSPS) is 18.3. The molecule has 5 heteroatoms. The highest BCUT2D eigenvalue weighted by Crippen LogP contribution is 2.38. The maximum absolute atomic E-state index is 12.2. The van der Waals surface area contributed by atoms with Crippen LogP contribution in [-0.2, 0) is 4.79 Å². The Balaban J connectivity index is 1.98. The summed E-state index contributed by atoms with van der Waals surface area (Å²) in [5, 5.41) is 6.65. The average molecular weight is 265 g/mol. The molecule has 2 rings (SSSR count). The van der Waals surface area contributed by atoms with Gasteiger partial charge in [0, 0.05) is 12.0 Å². The standard InChI is InChI=1S/C14H23N3O2/c1-10-11(2)17-19-13(10)16-12(18)8-14(9-15)6-4-3-5-7-14/h3-9,15H2,1-2H3,(H,16,18). The van der Waals surface area contributed by atoms with Crippen LogP contribution >= 0.6 is 0 Å². The van der Waals surface area contributed by atoms with E-state index in [4.69, 9.17) is 10.3 Å². The summed E-state index contributed by atoms with van der Waals surface area (Å²) in [7, 11) is 0. The van der Waals surface area contributed by atoms with Gasteiger partial charge in [-0.25, -0.2) is 0 Å². The molecule has 1 aromatic rings. The molecule has 1 saturated carbocycles. The Morgan fingerprint density at radius 2 is 2.05 bits per heavy atom. The highest BCUT2D eigenvalue weighted by Gasteiger charge is 2.33. The maximum atomic E-state index is 12.2. The molecule has 0 saturated heterocycles. The highest BCUT2D eigenvalue weighted by atomic mass is 16.5. The Morgan fingerprint density at radius 3 is 2.58 bits per heavy atom. The topological polar surface area (TPSA) is 81.2 Å². The van der Waals surface area contributed by atoms with Crippen molar-refractivity contribution in [2.75, 3.05) is 11.9 Å². The predicted octanol–water partition coefficient (Wildman–Crippen LogP) is 2.53. The molecule has 106 valence electrons. The van der Waals surface area contributed by atoms with Crippen LogP contribution in [0.2, 0.25) is 0 Å². The number of carbonyl (C=O) groups is 1. The lowest BCUT2D eigenvalue weighted by molar-refractivity contribution is -0.119. The molecule has 1 heterocycles. The Labute approximate surface area is 113 Å². The molecule has 0 radical (unpaired) electrons. The zero-order valence-corrected chi connectivity index (χ0v) is 11.8. The SMILES string of the molecule is Cc1noc(NC(=O)CC2(CN)CCCCC2)c1C. The van der Waals surface area contributed by atoms with Crippen LogP contribution in [0.15, 0.2) is 4.52 Å². The van der Waals surface area contributed by atoms with Gasteiger partial charge in [0.05, 0.1) is 5.69 Å². The first-order valence-corrected chi connectivity index (χ1v) is 6.99. The van der Waals surface area contributed by atoms with Gasteiger partial charge in [-0.3, -0.25) is 10.1 Å². The van der Waals surface area contributed by atoms with E-state index in [1.54, 1.807) is 0 Å². The van der Waals surface area contributed by atoms with Gasteiger partial charge in [-0.05, 0) is 38.6 Å². The molecule has 3 N–H and O–H groups in total. The average Bonchev–Trinajstić information content (AvgIpc) is 2.72. The van der Waals surface area contributed by atoms with Crippen molar-refractivity contribution in [2.45, 2.75) is 52.4 Å². The molecular weight excluding hydrogens is 242 g/mol. The first-order chi connectivity index (χ1) is 9.06. The molecule has 1 aliphatic rings. The van der Waals surface area contributed by atoms with E-state index in [9.17, 15) is 4.79 Å². The van der Waals surface area contributed by atoms with Crippen LogP contribution in [0.5, 0.6) is 0 Å². The second-order valence-corrected chi connectivity index (χ2v) is 5.71. The van der Waals surface area contributed by atoms with Crippen molar-refractivity contribution >= 4 is 11.8 Å². The Morgan fingerprint density at radius 1 is 1.37 bits per heavy atom. The molecule has 0 aliphatic heterocycles. The van der Waals surface area contributed by atoms with E-state index in [1.165, 1.54) is 19.3 Å². The van der Waals surface area contributed by atoms with Crippen molar-refractivity contribution in [3.05, 3.63) is 11.3 Å². The largest absolute Gasteiger partial charge is 0.338 e. The van der Waals surface area contributed by atoms with Gasteiger partial charge in [-0.1, -0.05) is 24.4 Å². The first-order valence-electron chi connectivity index (χ1n) is 6.99. The van der Waals surface area contributed by atoms with E-state index in [1.807, 2.05) is 13.8 Å². The fraction of sp³-hybridized carbons (Fsp3) is 0.714. The van der Waals surface area contributed by atoms with E-state index in [0.717, 1.165) is 24.1 Å². The maximum Gasteiger partial charge on any atom is 0.234 e. The van der Waals surface area contributed by atoms with E-state index in [0.29, 0.717) is 18.8 Å². The van der Waals surface area contributed by atoms with Gasteiger partial charge in [-0.15, -0.1) is 0 Å². The smallest absolute Gasteiger partial charge is 0.234 e. The van der Waals surface area contributed by atoms with E-state index >= 15 is 0 Å². The van der Waals surface area contributed by atoms with Crippen LogP contribution in [-0.4, -0.2) is 17.6 Å². The molecule has 0 unspecified atom stereocenters. The monoisotopic (exact) mass is 265 g/mol. The molecule has 19 heavy (non-hydrogen) atoms. The van der Waals surface area contributed by atoms with Gasteiger partial charge < -0.3 is 10.3 Å². The van der Waals surface area contributed by atoms with Crippen LogP contribution in [0.1, 0.15) is 49.8 Å². The fourth-order valence-corrected chi connectivity index (χ4v) is 2.80. The molecule has 5 nitrogen and oxygen atoms in total. The minimum atomic E-state index is -0.0225. The number of nitrogens with one attached hydrogen (secondary N) is 1. The van der Waals surface area contributed by atoms with Gasteiger partial charge in [0.1, 0.15) is 0 Å². The lowest BCUT2D eigenvalue weighted by atomic mass is 9.71. The summed E-state index contributed by atoms with van der Waals surface area (Å²) in [6, 6.07) is 0. The highest BCUT2D eigenvalue weighted by molar-refractivity contribution is 5.90. The summed E-state index contributed by atoms with van der Waals surface area (Å²) >= 11 is 0. The molecule has 0 bridgehead atoms. The van der Waals surface area contributed by atoms with E-state index in [-0.39, 0.29) is 11.3 Å². The quantitative estimate of drug-likeness (QED) is 0.876. The Kier molecular flexibility index (Phi) is 4.24. The third-order valence-corrected chi connectivity index (χ3v) is 4.29. The second kappa shape index (κ2) is 5.74. The fourth-order valence-electron chi connectivity index (χ4n) is 2.80. The van der Waals surface area contributed by atoms with Crippen LogP contribution in [0, 0.1) is 19.3 Å². The minimum Gasteiger partial charge on any atom is -0.338 e. The lowest BCUT2D eigenvalue weighted by Crippen LogP contribution is -2.36. The van der Waals surface area contributed by atoms with Gasteiger partial charge in [0.15, 0.2) is 0 Å². The minimum absolute atomic E-state index is 0.0217. The predicted molar refractivity (Wildman–Crippen MR) is 73.8 cm³/mol. The molecule has 1 fully saturated rings. The number of aryl methyl sites for hydroxylation is 1. The van der Waals surface area contributed by atoms with Gasteiger partial charge in [-0.2, -0.15) is 0 Å². The molecule has 1 aromatic heterocycles.